The van der Waals surface area contributed by atoms with Crippen molar-refractivity contribution in [2.75, 3.05) is 5.32 Å². The summed E-state index contributed by atoms with van der Waals surface area (Å²) >= 11 is 0. The van der Waals surface area contributed by atoms with E-state index < -0.39 is 5.60 Å². The molecule has 0 aromatic heterocycles. The summed E-state index contributed by atoms with van der Waals surface area (Å²) in [5.74, 6) is 0. The van der Waals surface area contributed by atoms with Crippen LogP contribution in [0.25, 0.3) is 0 Å². The maximum Gasteiger partial charge on any atom is 0.112 e. The highest BCUT2D eigenvalue weighted by Crippen LogP contribution is 2.47. The van der Waals surface area contributed by atoms with Crippen molar-refractivity contribution < 1.29 is 5.11 Å². The minimum absolute atomic E-state index is 0.0158. The predicted octanol–water partition coefficient (Wildman–Crippen LogP) is 2.70. The van der Waals surface area contributed by atoms with Gasteiger partial charge in [-0.15, -0.1) is 0 Å². The van der Waals surface area contributed by atoms with Crippen molar-refractivity contribution in [2.45, 2.75) is 36.9 Å². The van der Waals surface area contributed by atoms with Gasteiger partial charge in [0.1, 0.15) is 5.60 Å². The van der Waals surface area contributed by atoms with Gasteiger partial charge in [0.05, 0.1) is 6.04 Å². The molecule has 0 saturated carbocycles. The Kier molecular flexibility index (Phi) is 2.81. The van der Waals surface area contributed by atoms with Crippen LogP contribution in [0.2, 0.25) is 0 Å². The van der Waals surface area contributed by atoms with E-state index >= 15 is 0 Å². The summed E-state index contributed by atoms with van der Waals surface area (Å²) in [5.41, 5.74) is 9.91. The molecule has 0 fully saturated rings. The molecule has 3 nitrogen and oxygen atoms in total. The van der Waals surface area contributed by atoms with Crippen molar-refractivity contribution in [2.24, 2.45) is 5.73 Å². The Morgan fingerprint density at radius 2 is 1.86 bits per heavy atom. The normalized spacial score (nSPS) is 30.4. The van der Waals surface area contributed by atoms with E-state index in [0.29, 0.717) is 6.42 Å². The molecule has 3 unspecified atom stereocenters. The molecule has 2 aliphatic rings. The van der Waals surface area contributed by atoms with Crippen LogP contribution in [0.5, 0.6) is 0 Å². The number of benzene rings is 2. The molecule has 3 heteroatoms. The second-order valence-electron chi connectivity index (χ2n) is 6.21. The third kappa shape index (κ3) is 1.88. The summed E-state index contributed by atoms with van der Waals surface area (Å²) in [6.07, 6.45) is 2.51. The average Bonchev–Trinajstić information content (AvgIpc) is 2.80. The van der Waals surface area contributed by atoms with E-state index in [0.717, 1.165) is 29.7 Å². The fourth-order valence-corrected chi connectivity index (χ4v) is 3.90. The first-order chi connectivity index (χ1) is 10.2. The van der Waals surface area contributed by atoms with Gasteiger partial charge in [0.15, 0.2) is 0 Å². The Balaban J connectivity index is 1.72. The number of hydrogen-bond acceptors (Lipinski definition) is 3. The molecule has 3 atom stereocenters. The Labute approximate surface area is 124 Å². The third-order valence-electron chi connectivity index (χ3n) is 4.98. The molecule has 2 aromatic carbocycles. The highest BCUT2D eigenvalue weighted by Gasteiger charge is 2.47. The molecular formula is C18H20N2O. The van der Waals surface area contributed by atoms with E-state index in [1.54, 1.807) is 0 Å². The summed E-state index contributed by atoms with van der Waals surface area (Å²) in [4.78, 5) is 0. The van der Waals surface area contributed by atoms with Crippen molar-refractivity contribution in [3.8, 4) is 0 Å². The zero-order valence-electron chi connectivity index (χ0n) is 11.9. The quantitative estimate of drug-likeness (QED) is 0.753. The molecule has 4 rings (SSSR count). The van der Waals surface area contributed by atoms with E-state index in [2.05, 4.69) is 23.5 Å². The number of aliphatic hydroxyl groups is 1. The first-order valence-electron chi connectivity index (χ1n) is 7.60. The van der Waals surface area contributed by atoms with Gasteiger partial charge in [-0.2, -0.15) is 0 Å². The first kappa shape index (κ1) is 12.9. The van der Waals surface area contributed by atoms with Crippen molar-refractivity contribution in [1.29, 1.82) is 0 Å². The lowest BCUT2D eigenvalue weighted by molar-refractivity contribution is 0.0103. The molecule has 2 aromatic rings. The van der Waals surface area contributed by atoms with Crippen LogP contribution >= 0.6 is 0 Å². The zero-order chi connectivity index (χ0) is 14.4. The number of rotatable bonds is 1. The van der Waals surface area contributed by atoms with Crippen LogP contribution in [0, 0.1) is 0 Å². The summed E-state index contributed by atoms with van der Waals surface area (Å²) in [6, 6.07) is 16.3. The van der Waals surface area contributed by atoms with Gasteiger partial charge in [-0.1, -0.05) is 42.5 Å². The van der Waals surface area contributed by atoms with Gasteiger partial charge < -0.3 is 16.2 Å². The maximum absolute atomic E-state index is 11.3. The molecule has 1 heterocycles. The van der Waals surface area contributed by atoms with Crippen LogP contribution in [-0.4, -0.2) is 11.1 Å². The number of nitrogens with two attached hydrogens (primary N) is 1. The predicted molar refractivity (Wildman–Crippen MR) is 84.1 cm³/mol. The minimum atomic E-state index is -0.871. The number of aryl methyl sites for hydroxylation is 1. The molecule has 1 aliphatic heterocycles. The smallest absolute Gasteiger partial charge is 0.112 e. The Hall–Kier alpha value is -1.84. The fourth-order valence-electron chi connectivity index (χ4n) is 3.90. The molecule has 21 heavy (non-hydrogen) atoms. The molecule has 4 N–H and O–H groups in total. The van der Waals surface area contributed by atoms with Gasteiger partial charge in [0.2, 0.25) is 0 Å². The Morgan fingerprint density at radius 3 is 2.76 bits per heavy atom. The lowest BCUT2D eigenvalue weighted by Gasteiger charge is -2.38. The molecule has 0 amide bonds. The van der Waals surface area contributed by atoms with Crippen LogP contribution < -0.4 is 11.1 Å². The van der Waals surface area contributed by atoms with E-state index in [1.807, 2.05) is 30.3 Å². The number of fused-ring (bicyclic) bond motifs is 2. The Bertz CT molecular complexity index is 684. The van der Waals surface area contributed by atoms with Crippen molar-refractivity contribution >= 4 is 5.69 Å². The minimum Gasteiger partial charge on any atom is -0.383 e. The highest BCUT2D eigenvalue weighted by atomic mass is 16.3. The lowest BCUT2D eigenvalue weighted by atomic mass is 9.82. The highest BCUT2D eigenvalue weighted by molar-refractivity contribution is 5.55. The molecule has 0 bridgehead atoms. The fraction of sp³-hybridized carbons (Fsp3) is 0.333. The average molecular weight is 280 g/mol. The molecular weight excluding hydrogens is 260 g/mol. The van der Waals surface area contributed by atoms with Gasteiger partial charge in [-0.3, -0.25) is 0 Å². The second-order valence-corrected chi connectivity index (χ2v) is 6.21. The standard InChI is InChI=1S/C18H20N2O/c19-15-11-18(21,14-7-3-2-6-13(14)15)17-10-9-12-5-1-4-8-16(12)20-17/h1-8,15,17,20-21H,9-11,19H2. The van der Waals surface area contributed by atoms with Gasteiger partial charge in [-0.05, 0) is 35.6 Å². The molecule has 108 valence electrons. The summed E-state index contributed by atoms with van der Waals surface area (Å²) in [5, 5.41) is 14.9. The van der Waals surface area contributed by atoms with Crippen LogP contribution in [0.15, 0.2) is 48.5 Å². The number of hydrogen-bond donors (Lipinski definition) is 3. The molecule has 0 saturated heterocycles. The van der Waals surface area contributed by atoms with E-state index in [-0.39, 0.29) is 12.1 Å². The van der Waals surface area contributed by atoms with Crippen molar-refractivity contribution in [3.63, 3.8) is 0 Å². The molecule has 0 spiro atoms. The van der Waals surface area contributed by atoms with E-state index in [4.69, 9.17) is 5.73 Å². The summed E-state index contributed by atoms with van der Waals surface area (Å²) in [7, 11) is 0. The zero-order valence-corrected chi connectivity index (χ0v) is 11.9. The van der Waals surface area contributed by atoms with Crippen LogP contribution in [0.1, 0.15) is 35.6 Å². The number of nitrogens with one attached hydrogen (secondary N) is 1. The Morgan fingerprint density at radius 1 is 1.10 bits per heavy atom. The molecule has 0 radical (unpaired) electrons. The van der Waals surface area contributed by atoms with Crippen LogP contribution in [0.4, 0.5) is 5.69 Å². The first-order valence-corrected chi connectivity index (χ1v) is 7.60. The van der Waals surface area contributed by atoms with Gasteiger partial charge >= 0.3 is 0 Å². The topological polar surface area (TPSA) is 58.3 Å². The summed E-state index contributed by atoms with van der Waals surface area (Å²) < 4.78 is 0. The summed E-state index contributed by atoms with van der Waals surface area (Å²) in [6.45, 7) is 0. The SMILES string of the molecule is NC1CC(O)(C2CCc3ccccc3N2)c2ccccc21. The molecule has 1 aliphatic carbocycles. The largest absolute Gasteiger partial charge is 0.383 e. The van der Waals surface area contributed by atoms with Crippen molar-refractivity contribution in [3.05, 3.63) is 65.2 Å². The lowest BCUT2D eigenvalue weighted by Crippen LogP contribution is -2.45. The van der Waals surface area contributed by atoms with Crippen LogP contribution in [-0.2, 0) is 12.0 Å². The van der Waals surface area contributed by atoms with E-state index in [9.17, 15) is 5.11 Å². The monoisotopic (exact) mass is 280 g/mol. The van der Waals surface area contributed by atoms with Crippen LogP contribution in [0.3, 0.4) is 0 Å². The number of anilines is 1. The maximum atomic E-state index is 11.3. The third-order valence-corrected chi connectivity index (χ3v) is 4.98. The second kappa shape index (κ2) is 4.58. The van der Waals surface area contributed by atoms with Gasteiger partial charge in [-0.25, -0.2) is 0 Å². The number of para-hydroxylation sites is 1. The van der Waals surface area contributed by atoms with Gasteiger partial charge in [0.25, 0.3) is 0 Å². The van der Waals surface area contributed by atoms with Crippen molar-refractivity contribution in [1.82, 2.24) is 0 Å². The van der Waals surface area contributed by atoms with E-state index in [1.165, 1.54) is 5.56 Å². The van der Waals surface area contributed by atoms with Gasteiger partial charge in [0, 0.05) is 18.2 Å².